The molecule has 0 aromatic rings. The van der Waals surface area contributed by atoms with Gasteiger partial charge in [0, 0.05) is 0 Å². The van der Waals surface area contributed by atoms with Crippen LogP contribution in [0.5, 0.6) is 0 Å². The molecular formula is C7H5Cl3O3. The van der Waals surface area contributed by atoms with E-state index in [1.54, 1.807) is 6.92 Å². The lowest BCUT2D eigenvalue weighted by Gasteiger charge is -2.07. The number of hydrogen-bond donors (Lipinski definition) is 0. The van der Waals surface area contributed by atoms with E-state index in [0.717, 1.165) is 0 Å². The summed E-state index contributed by atoms with van der Waals surface area (Å²) in [5, 5.41) is -0.336. The van der Waals surface area contributed by atoms with Crippen molar-refractivity contribution in [3.63, 3.8) is 0 Å². The van der Waals surface area contributed by atoms with Gasteiger partial charge in [0.15, 0.2) is 5.76 Å². The van der Waals surface area contributed by atoms with Gasteiger partial charge >= 0.3 is 0 Å². The van der Waals surface area contributed by atoms with Gasteiger partial charge in [0.1, 0.15) is 5.03 Å². The maximum atomic E-state index is 11.3. The molecule has 0 amide bonds. The van der Waals surface area contributed by atoms with Gasteiger partial charge in [-0.15, -0.1) is 0 Å². The second-order valence-electron chi connectivity index (χ2n) is 2.31. The molecular weight excluding hydrogens is 238 g/mol. The summed E-state index contributed by atoms with van der Waals surface area (Å²) in [4.78, 5) is 22.5. The van der Waals surface area contributed by atoms with E-state index in [4.69, 9.17) is 39.5 Å². The molecule has 1 rings (SSSR count). The third kappa shape index (κ3) is 1.56. The summed E-state index contributed by atoms with van der Waals surface area (Å²) in [6.45, 7) is 1.87. The Kier molecular flexibility index (Phi) is 2.90. The minimum absolute atomic E-state index is 0.217. The highest BCUT2D eigenvalue weighted by molar-refractivity contribution is 6.76. The second-order valence-corrected chi connectivity index (χ2v) is 4.01. The fraction of sp³-hybridized carbons (Fsp3) is 0.429. The van der Waals surface area contributed by atoms with Crippen molar-refractivity contribution in [2.75, 3.05) is 6.61 Å². The molecule has 0 aromatic carbocycles. The van der Waals surface area contributed by atoms with Crippen LogP contribution in [0.15, 0.2) is 10.8 Å². The zero-order chi connectivity index (χ0) is 10.2. The molecule has 1 aliphatic rings. The Morgan fingerprint density at radius 3 is 2.15 bits per heavy atom. The van der Waals surface area contributed by atoms with Crippen molar-refractivity contribution < 1.29 is 14.3 Å². The molecule has 0 spiro atoms. The topological polar surface area (TPSA) is 43.4 Å². The first-order valence-corrected chi connectivity index (χ1v) is 4.56. The number of rotatable bonds is 2. The van der Waals surface area contributed by atoms with Gasteiger partial charge in [-0.3, -0.25) is 9.59 Å². The maximum absolute atomic E-state index is 11.3. The normalized spacial score (nSPS) is 21.2. The number of Topliss-reactive ketones (excluding diaryl/α,β-unsaturated/α-hetero) is 2. The molecule has 0 bridgehead atoms. The van der Waals surface area contributed by atoms with E-state index in [2.05, 4.69) is 0 Å². The summed E-state index contributed by atoms with van der Waals surface area (Å²) in [5.41, 5.74) is 0. The van der Waals surface area contributed by atoms with E-state index in [1.165, 1.54) is 0 Å². The molecule has 6 heteroatoms. The summed E-state index contributed by atoms with van der Waals surface area (Å²) in [7, 11) is 0. The van der Waals surface area contributed by atoms with Crippen LogP contribution < -0.4 is 0 Å². The average molecular weight is 243 g/mol. The highest BCUT2D eigenvalue weighted by Crippen LogP contribution is 2.39. The van der Waals surface area contributed by atoms with Crippen LogP contribution >= 0.6 is 34.8 Å². The summed E-state index contributed by atoms with van der Waals surface area (Å²) < 4.78 is 2.73. The first kappa shape index (κ1) is 10.8. The average Bonchev–Trinajstić information content (AvgIpc) is 2.21. The molecule has 0 radical (unpaired) electrons. The molecule has 3 nitrogen and oxygen atoms in total. The largest absolute Gasteiger partial charge is 0.488 e. The summed E-state index contributed by atoms with van der Waals surface area (Å²) in [6, 6.07) is 0. The van der Waals surface area contributed by atoms with Crippen molar-refractivity contribution in [2.24, 2.45) is 0 Å². The number of ketones is 2. The molecule has 0 unspecified atom stereocenters. The highest BCUT2D eigenvalue weighted by Gasteiger charge is 2.53. The highest BCUT2D eigenvalue weighted by atomic mass is 35.5. The molecule has 1 aliphatic carbocycles. The predicted octanol–water partition coefficient (Wildman–Crippen LogP) is 1.80. The molecule has 0 aromatic heterocycles. The van der Waals surface area contributed by atoms with Crippen molar-refractivity contribution in [3.8, 4) is 0 Å². The zero-order valence-corrected chi connectivity index (χ0v) is 8.83. The van der Waals surface area contributed by atoms with Gasteiger partial charge < -0.3 is 4.74 Å². The van der Waals surface area contributed by atoms with Gasteiger partial charge in [0.05, 0.1) is 6.61 Å². The Balaban J connectivity index is 3.09. The number of hydrogen-bond acceptors (Lipinski definition) is 3. The van der Waals surface area contributed by atoms with Crippen LogP contribution in [0.3, 0.4) is 0 Å². The van der Waals surface area contributed by atoms with Crippen molar-refractivity contribution in [1.82, 2.24) is 0 Å². The van der Waals surface area contributed by atoms with Crippen LogP contribution in [0.2, 0.25) is 0 Å². The molecule has 0 saturated carbocycles. The molecule has 13 heavy (non-hydrogen) atoms. The van der Waals surface area contributed by atoms with E-state index in [-0.39, 0.29) is 17.4 Å². The summed E-state index contributed by atoms with van der Waals surface area (Å²) in [6.07, 6.45) is 0. The van der Waals surface area contributed by atoms with Crippen molar-refractivity contribution in [3.05, 3.63) is 10.8 Å². The van der Waals surface area contributed by atoms with Gasteiger partial charge in [0.25, 0.3) is 0 Å². The fourth-order valence-electron chi connectivity index (χ4n) is 0.860. The minimum Gasteiger partial charge on any atom is -0.488 e. The van der Waals surface area contributed by atoms with E-state index in [9.17, 15) is 9.59 Å². The summed E-state index contributed by atoms with van der Waals surface area (Å²) >= 11 is 16.4. The molecule has 0 heterocycles. The van der Waals surface area contributed by atoms with Crippen LogP contribution in [0.25, 0.3) is 0 Å². The minimum atomic E-state index is -2.11. The predicted molar refractivity (Wildman–Crippen MR) is 49.0 cm³/mol. The van der Waals surface area contributed by atoms with Crippen molar-refractivity contribution >= 4 is 46.4 Å². The van der Waals surface area contributed by atoms with Crippen LogP contribution in [-0.2, 0) is 14.3 Å². The Bertz CT molecular complexity index is 306. The Hall–Kier alpha value is -0.250. The van der Waals surface area contributed by atoms with E-state index in [0.29, 0.717) is 0 Å². The summed E-state index contributed by atoms with van der Waals surface area (Å²) in [5.74, 6) is -1.88. The fourth-order valence-corrected chi connectivity index (χ4v) is 1.60. The second kappa shape index (κ2) is 3.48. The Morgan fingerprint density at radius 2 is 1.85 bits per heavy atom. The van der Waals surface area contributed by atoms with Gasteiger partial charge in [-0.2, -0.15) is 0 Å². The van der Waals surface area contributed by atoms with E-state index < -0.39 is 15.9 Å². The van der Waals surface area contributed by atoms with Crippen LogP contribution in [-0.4, -0.2) is 22.5 Å². The number of ether oxygens (including phenoxy) is 1. The molecule has 0 fully saturated rings. The quantitative estimate of drug-likeness (QED) is 0.549. The first-order valence-electron chi connectivity index (χ1n) is 3.43. The SMILES string of the molecule is CCOC1=C(Cl)C(=O)C(Cl)(Cl)C1=O. The van der Waals surface area contributed by atoms with Gasteiger partial charge in [0.2, 0.25) is 15.9 Å². The lowest BCUT2D eigenvalue weighted by Crippen LogP contribution is -2.29. The molecule has 72 valence electrons. The lowest BCUT2D eigenvalue weighted by atomic mass is 10.3. The zero-order valence-electron chi connectivity index (χ0n) is 6.57. The standard InChI is InChI=1S/C7H5Cl3O3/c1-2-13-4-3(8)5(11)7(9,10)6(4)12/h2H2,1H3. The van der Waals surface area contributed by atoms with E-state index in [1.807, 2.05) is 0 Å². The van der Waals surface area contributed by atoms with Crippen LogP contribution in [0.4, 0.5) is 0 Å². The van der Waals surface area contributed by atoms with Gasteiger partial charge in [-0.05, 0) is 6.92 Å². The monoisotopic (exact) mass is 242 g/mol. The smallest absolute Gasteiger partial charge is 0.246 e. The number of alkyl halides is 2. The molecule has 0 aliphatic heterocycles. The van der Waals surface area contributed by atoms with Gasteiger partial charge in [-0.25, -0.2) is 0 Å². The Labute approximate surface area is 89.6 Å². The number of halogens is 3. The van der Waals surface area contributed by atoms with Crippen LogP contribution in [0.1, 0.15) is 6.92 Å². The van der Waals surface area contributed by atoms with Crippen LogP contribution in [0, 0.1) is 0 Å². The van der Waals surface area contributed by atoms with Crippen molar-refractivity contribution in [2.45, 2.75) is 11.3 Å². The molecule has 0 atom stereocenters. The molecule has 0 saturated heterocycles. The lowest BCUT2D eigenvalue weighted by molar-refractivity contribution is -0.123. The third-order valence-electron chi connectivity index (χ3n) is 1.46. The first-order chi connectivity index (χ1) is 5.92. The maximum Gasteiger partial charge on any atom is 0.246 e. The number of allylic oxidation sites excluding steroid dienone is 2. The number of carbonyl (C=O) groups excluding carboxylic acids is 2. The number of carbonyl (C=O) groups is 2. The van der Waals surface area contributed by atoms with E-state index >= 15 is 0 Å². The van der Waals surface area contributed by atoms with Crippen molar-refractivity contribution in [1.29, 1.82) is 0 Å². The Morgan fingerprint density at radius 1 is 1.31 bits per heavy atom. The third-order valence-corrected chi connectivity index (χ3v) is 2.49. The molecule has 0 N–H and O–H groups in total. The van der Waals surface area contributed by atoms with Gasteiger partial charge in [-0.1, -0.05) is 34.8 Å².